The first kappa shape index (κ1) is 19.7. The Labute approximate surface area is 175 Å². The number of rotatable bonds is 7. The molecule has 4 aromatic rings. The lowest BCUT2D eigenvalue weighted by atomic mass is 10.1. The summed E-state index contributed by atoms with van der Waals surface area (Å²) < 4.78 is 13.2. The quantitative estimate of drug-likeness (QED) is 0.425. The number of anilines is 1. The maximum absolute atomic E-state index is 13.2. The van der Waals surface area contributed by atoms with Crippen LogP contribution in [-0.4, -0.2) is 33.3 Å². The first-order chi connectivity index (χ1) is 14.6. The Morgan fingerprint density at radius 1 is 1.10 bits per heavy atom. The molecule has 0 bridgehead atoms. The molecule has 2 aromatic carbocycles. The molecule has 9 heteroatoms. The first-order valence-electron chi connectivity index (χ1n) is 9.28. The van der Waals surface area contributed by atoms with Crippen molar-refractivity contribution in [2.24, 2.45) is 0 Å². The molecular weight excluding hydrogens is 405 g/mol. The summed E-state index contributed by atoms with van der Waals surface area (Å²) in [5.74, 6) is -0.204. The number of nitrogens with zero attached hydrogens (tertiary/aromatic N) is 2. The normalized spacial score (nSPS) is 10.8. The van der Waals surface area contributed by atoms with Crippen molar-refractivity contribution in [1.82, 2.24) is 20.3 Å². The number of H-pyrrole nitrogens is 1. The monoisotopic (exact) mass is 423 g/mol. The number of hydrogen-bond acceptors (Lipinski definition) is 5. The van der Waals surface area contributed by atoms with E-state index < -0.39 is 0 Å². The zero-order chi connectivity index (χ0) is 20.9. The van der Waals surface area contributed by atoms with E-state index in [4.69, 9.17) is 0 Å². The molecule has 0 saturated heterocycles. The zero-order valence-electron chi connectivity index (χ0n) is 15.8. The fraction of sp³-hybridized carbons (Fsp3) is 0.143. The van der Waals surface area contributed by atoms with Crippen molar-refractivity contribution in [3.63, 3.8) is 0 Å². The maximum atomic E-state index is 13.2. The minimum atomic E-state index is -0.336. The number of thiazole rings is 1. The van der Waals surface area contributed by atoms with Crippen molar-refractivity contribution in [2.75, 3.05) is 11.9 Å². The van der Waals surface area contributed by atoms with E-state index >= 15 is 0 Å². The van der Waals surface area contributed by atoms with Crippen LogP contribution in [0.4, 0.5) is 9.52 Å². The molecule has 0 atom stereocenters. The van der Waals surface area contributed by atoms with E-state index in [1.54, 1.807) is 11.4 Å². The van der Waals surface area contributed by atoms with Gasteiger partial charge in [0.05, 0.1) is 17.5 Å². The summed E-state index contributed by atoms with van der Waals surface area (Å²) in [6.07, 6.45) is 0.705. The molecule has 0 aliphatic rings. The summed E-state index contributed by atoms with van der Waals surface area (Å²) in [4.78, 5) is 36.0. The van der Waals surface area contributed by atoms with Crippen molar-refractivity contribution in [3.8, 4) is 0 Å². The lowest BCUT2D eigenvalue weighted by Crippen LogP contribution is -2.26. The summed E-state index contributed by atoms with van der Waals surface area (Å²) >= 11 is 1.19. The van der Waals surface area contributed by atoms with Crippen LogP contribution in [0.5, 0.6) is 0 Å². The molecule has 2 amide bonds. The number of imidazole rings is 1. The highest BCUT2D eigenvalue weighted by molar-refractivity contribution is 7.14. The molecule has 7 nitrogen and oxygen atoms in total. The van der Waals surface area contributed by atoms with Gasteiger partial charge in [0.1, 0.15) is 17.3 Å². The Bertz CT molecular complexity index is 1190. The van der Waals surface area contributed by atoms with Gasteiger partial charge in [-0.2, -0.15) is 0 Å². The van der Waals surface area contributed by atoms with Gasteiger partial charge in [-0.25, -0.2) is 14.4 Å². The van der Waals surface area contributed by atoms with Crippen LogP contribution >= 0.6 is 11.3 Å². The van der Waals surface area contributed by atoms with Gasteiger partial charge in [-0.05, 0) is 23.8 Å². The van der Waals surface area contributed by atoms with Crippen LogP contribution in [0.3, 0.4) is 0 Å². The smallest absolute Gasteiger partial charge is 0.270 e. The second-order valence-corrected chi connectivity index (χ2v) is 7.46. The number of benzene rings is 2. The van der Waals surface area contributed by atoms with E-state index in [1.165, 1.54) is 23.5 Å². The third-order valence-electron chi connectivity index (χ3n) is 4.33. The number of aromatic amines is 1. The molecule has 4 rings (SSSR count). The van der Waals surface area contributed by atoms with E-state index in [1.807, 2.05) is 30.3 Å². The standard InChI is InChI=1S/C21H18FN5O2S/c22-14-6-7-15-16(11-14)25-18(24-15)8-9-23-20(29)17-12-30-21(26-17)27-19(28)10-13-4-2-1-3-5-13/h1-7,11-12H,8-10H2,(H,23,29)(H,24,25)(H,26,27,28). The Kier molecular flexibility index (Phi) is 5.80. The molecule has 0 aliphatic heterocycles. The van der Waals surface area contributed by atoms with Crippen LogP contribution in [-0.2, 0) is 17.6 Å². The molecule has 0 aliphatic carbocycles. The number of aromatic nitrogens is 3. The van der Waals surface area contributed by atoms with Gasteiger partial charge >= 0.3 is 0 Å². The third-order valence-corrected chi connectivity index (χ3v) is 5.09. The number of hydrogen-bond donors (Lipinski definition) is 3. The molecular formula is C21H18FN5O2S. The van der Waals surface area contributed by atoms with Gasteiger partial charge < -0.3 is 15.6 Å². The van der Waals surface area contributed by atoms with Gasteiger partial charge in [0.25, 0.3) is 5.91 Å². The van der Waals surface area contributed by atoms with Crippen molar-refractivity contribution in [1.29, 1.82) is 0 Å². The zero-order valence-corrected chi connectivity index (χ0v) is 16.6. The number of amides is 2. The summed E-state index contributed by atoms with van der Waals surface area (Å²) in [5, 5.41) is 7.45. The molecule has 0 saturated carbocycles. The maximum Gasteiger partial charge on any atom is 0.270 e. The van der Waals surface area contributed by atoms with Gasteiger partial charge in [-0.3, -0.25) is 9.59 Å². The second kappa shape index (κ2) is 8.83. The molecule has 0 unspecified atom stereocenters. The third kappa shape index (κ3) is 4.87. The van der Waals surface area contributed by atoms with Gasteiger partial charge in [-0.1, -0.05) is 30.3 Å². The predicted molar refractivity (Wildman–Crippen MR) is 113 cm³/mol. The highest BCUT2D eigenvalue weighted by atomic mass is 32.1. The summed E-state index contributed by atoms with van der Waals surface area (Å²) in [5.41, 5.74) is 2.43. The number of carbonyl (C=O) groups is 2. The minimum Gasteiger partial charge on any atom is -0.350 e. The van der Waals surface area contributed by atoms with Gasteiger partial charge in [-0.15, -0.1) is 11.3 Å². The van der Waals surface area contributed by atoms with Crippen molar-refractivity contribution in [2.45, 2.75) is 12.8 Å². The van der Waals surface area contributed by atoms with Gasteiger partial charge in [0.15, 0.2) is 5.13 Å². The molecule has 0 radical (unpaired) electrons. The summed E-state index contributed by atoms with van der Waals surface area (Å²) in [6.45, 7) is 0.342. The number of carbonyl (C=O) groups excluding carboxylic acids is 2. The molecule has 0 spiro atoms. The SMILES string of the molecule is O=C(Cc1ccccc1)Nc1nc(C(=O)NCCc2nc3ccc(F)cc3[nH]2)cs1. The number of fused-ring (bicyclic) bond motifs is 1. The predicted octanol–water partition coefficient (Wildman–Crippen LogP) is 3.31. The van der Waals surface area contributed by atoms with E-state index in [-0.39, 0.29) is 29.7 Å². The van der Waals surface area contributed by atoms with Crippen LogP contribution in [0.25, 0.3) is 11.0 Å². The van der Waals surface area contributed by atoms with Crippen LogP contribution in [0, 0.1) is 5.82 Å². The van der Waals surface area contributed by atoms with Crippen LogP contribution in [0.2, 0.25) is 0 Å². The van der Waals surface area contributed by atoms with Crippen molar-refractivity contribution < 1.29 is 14.0 Å². The Balaban J connectivity index is 1.27. The van der Waals surface area contributed by atoms with Crippen molar-refractivity contribution >= 4 is 39.3 Å². The Morgan fingerprint density at radius 3 is 2.77 bits per heavy atom. The first-order valence-corrected chi connectivity index (χ1v) is 10.2. The molecule has 2 heterocycles. The average molecular weight is 423 g/mol. The van der Waals surface area contributed by atoms with Gasteiger partial charge in [0.2, 0.25) is 5.91 Å². The van der Waals surface area contributed by atoms with Crippen LogP contribution in [0.1, 0.15) is 21.9 Å². The Hall–Kier alpha value is -3.59. The molecule has 30 heavy (non-hydrogen) atoms. The summed E-state index contributed by atoms with van der Waals surface area (Å²) in [7, 11) is 0. The molecule has 152 valence electrons. The van der Waals surface area contributed by atoms with E-state index in [2.05, 4.69) is 25.6 Å². The second-order valence-electron chi connectivity index (χ2n) is 6.60. The number of halogens is 1. The van der Waals surface area contributed by atoms with E-state index in [0.29, 0.717) is 35.0 Å². The topological polar surface area (TPSA) is 99.8 Å². The van der Waals surface area contributed by atoms with E-state index in [9.17, 15) is 14.0 Å². The minimum absolute atomic E-state index is 0.191. The molecule has 0 fully saturated rings. The van der Waals surface area contributed by atoms with Crippen LogP contribution in [0.15, 0.2) is 53.9 Å². The summed E-state index contributed by atoms with van der Waals surface area (Å²) in [6, 6.07) is 13.7. The van der Waals surface area contributed by atoms with E-state index in [0.717, 1.165) is 5.56 Å². The largest absolute Gasteiger partial charge is 0.350 e. The average Bonchev–Trinajstić information content (AvgIpc) is 3.35. The number of nitrogens with one attached hydrogen (secondary N) is 3. The molecule has 2 aromatic heterocycles. The van der Waals surface area contributed by atoms with Crippen LogP contribution < -0.4 is 10.6 Å². The van der Waals surface area contributed by atoms with Gasteiger partial charge in [0, 0.05) is 18.3 Å². The fourth-order valence-corrected chi connectivity index (χ4v) is 3.63. The lowest BCUT2D eigenvalue weighted by molar-refractivity contribution is -0.115. The van der Waals surface area contributed by atoms with Crippen molar-refractivity contribution in [3.05, 3.63) is 76.8 Å². The highest BCUT2D eigenvalue weighted by Crippen LogP contribution is 2.16. The highest BCUT2D eigenvalue weighted by Gasteiger charge is 2.13. The lowest BCUT2D eigenvalue weighted by Gasteiger charge is -2.02. The Morgan fingerprint density at radius 2 is 1.93 bits per heavy atom. The fourth-order valence-electron chi connectivity index (χ4n) is 2.92. The molecule has 3 N–H and O–H groups in total.